The maximum absolute atomic E-state index is 13.6. The van der Waals surface area contributed by atoms with Gasteiger partial charge in [-0.1, -0.05) is 11.8 Å². The van der Waals surface area contributed by atoms with E-state index < -0.39 is 0 Å². The smallest absolute Gasteiger partial charge is 0.195 e. The Morgan fingerprint density at radius 1 is 0.976 bits per heavy atom. The number of benzene rings is 2. The number of thioether (sulfide) groups is 1. The molecule has 0 amide bonds. The number of nitrogens with two attached hydrogens (primary N) is 2. The monoisotopic (exact) mass is 590 g/mol. The molecule has 2 aliphatic rings. The zero-order chi connectivity index (χ0) is 29.2. The molecule has 2 aromatic heterocycles. The summed E-state index contributed by atoms with van der Waals surface area (Å²) in [5.41, 5.74) is 18.2. The molecule has 220 valence electrons. The van der Waals surface area contributed by atoms with Crippen LogP contribution in [-0.2, 0) is 4.74 Å². The van der Waals surface area contributed by atoms with Gasteiger partial charge in [0.1, 0.15) is 11.6 Å². The normalized spacial score (nSPS) is 16.6. The van der Waals surface area contributed by atoms with E-state index in [9.17, 15) is 4.39 Å². The van der Waals surface area contributed by atoms with Crippen molar-refractivity contribution in [2.75, 3.05) is 69.1 Å². The molecule has 0 bridgehead atoms. The molecule has 4 heterocycles. The van der Waals surface area contributed by atoms with E-state index in [1.165, 1.54) is 23.9 Å². The van der Waals surface area contributed by atoms with E-state index in [2.05, 4.69) is 25.0 Å². The van der Waals surface area contributed by atoms with E-state index in [1.807, 2.05) is 29.0 Å². The minimum absolute atomic E-state index is 0.314. The first-order chi connectivity index (χ1) is 20.5. The largest absolute Gasteiger partial charge is 0.494 e. The van der Waals surface area contributed by atoms with E-state index in [0.29, 0.717) is 45.4 Å². The quantitative estimate of drug-likeness (QED) is 0.238. The predicted molar refractivity (Wildman–Crippen MR) is 165 cm³/mol. The second-order valence-electron chi connectivity index (χ2n) is 10.4. The molecular formula is C30H35FN8O2S. The summed E-state index contributed by atoms with van der Waals surface area (Å²) in [5, 5.41) is 9.45. The molecule has 2 aliphatic heterocycles. The van der Waals surface area contributed by atoms with Crippen molar-refractivity contribution in [1.29, 1.82) is 0 Å². The molecule has 0 saturated carbocycles. The van der Waals surface area contributed by atoms with Gasteiger partial charge in [-0.2, -0.15) is 0 Å². The van der Waals surface area contributed by atoms with Gasteiger partial charge in [0.2, 0.25) is 0 Å². The van der Waals surface area contributed by atoms with Crippen LogP contribution in [0.25, 0.3) is 28.3 Å². The highest BCUT2D eigenvalue weighted by Gasteiger charge is 2.29. The standard InChI is InChI=1S/C30H35FN8O2S/c1-40-25-18-24(38-11-8-21(9-12-38)37-13-15-41-16-14-37)27(32)26(28(25)33)23-17-22(7-10-34-23)39-29(35-36-30(39)42-2)19-3-5-20(31)6-4-19/h3-7,10,17-18,21H,8-9,11-16,32-33H2,1-2H3. The highest BCUT2D eigenvalue weighted by Crippen LogP contribution is 2.45. The molecule has 10 nitrogen and oxygen atoms in total. The topological polar surface area (TPSA) is 121 Å². The van der Waals surface area contributed by atoms with Gasteiger partial charge in [-0.25, -0.2) is 4.39 Å². The number of aromatic nitrogens is 4. The minimum atomic E-state index is -0.314. The van der Waals surface area contributed by atoms with Crippen LogP contribution >= 0.6 is 11.8 Å². The lowest BCUT2D eigenvalue weighted by atomic mass is 9.99. The number of ether oxygens (including phenoxy) is 2. The van der Waals surface area contributed by atoms with Gasteiger partial charge in [-0.15, -0.1) is 10.2 Å². The fourth-order valence-electron chi connectivity index (χ4n) is 5.91. The molecule has 0 spiro atoms. The van der Waals surface area contributed by atoms with Crippen molar-refractivity contribution in [1.82, 2.24) is 24.6 Å². The van der Waals surface area contributed by atoms with Crippen LogP contribution in [0.1, 0.15) is 12.8 Å². The molecule has 0 aliphatic carbocycles. The first kappa shape index (κ1) is 28.3. The zero-order valence-corrected chi connectivity index (χ0v) is 24.6. The van der Waals surface area contributed by atoms with Crippen molar-refractivity contribution in [3.05, 3.63) is 54.5 Å². The second kappa shape index (κ2) is 12.2. The lowest BCUT2D eigenvalue weighted by Crippen LogP contribution is -2.49. The molecule has 6 rings (SSSR count). The van der Waals surface area contributed by atoms with E-state index in [4.69, 9.17) is 20.9 Å². The van der Waals surface area contributed by atoms with E-state index in [1.54, 1.807) is 25.4 Å². The molecule has 4 N–H and O–H groups in total. The molecule has 2 fully saturated rings. The highest BCUT2D eigenvalue weighted by atomic mass is 32.2. The Hall–Kier alpha value is -3.87. The number of hydrogen-bond donors (Lipinski definition) is 2. The summed E-state index contributed by atoms with van der Waals surface area (Å²) in [6.45, 7) is 5.34. The van der Waals surface area contributed by atoms with Crippen LogP contribution < -0.4 is 21.1 Å². The molecule has 12 heteroatoms. The van der Waals surface area contributed by atoms with Crippen molar-refractivity contribution >= 4 is 28.8 Å². The third kappa shape index (κ3) is 5.37. The molecule has 42 heavy (non-hydrogen) atoms. The molecule has 4 aromatic rings. The number of halogens is 1. The van der Waals surface area contributed by atoms with Crippen molar-refractivity contribution in [2.45, 2.75) is 24.0 Å². The summed E-state index contributed by atoms with van der Waals surface area (Å²) in [5.74, 6) is 0.830. The van der Waals surface area contributed by atoms with Crippen molar-refractivity contribution < 1.29 is 13.9 Å². The molecule has 0 radical (unpaired) electrons. The number of methoxy groups -OCH3 is 1. The number of pyridine rings is 1. The summed E-state index contributed by atoms with van der Waals surface area (Å²) in [6.07, 6.45) is 5.75. The van der Waals surface area contributed by atoms with Crippen LogP contribution in [0.4, 0.5) is 21.5 Å². The number of morpholine rings is 1. The van der Waals surface area contributed by atoms with Gasteiger partial charge < -0.3 is 25.8 Å². The number of rotatable bonds is 7. The Balaban J connectivity index is 1.36. The van der Waals surface area contributed by atoms with Gasteiger partial charge in [0.25, 0.3) is 0 Å². The average molecular weight is 591 g/mol. The maximum Gasteiger partial charge on any atom is 0.195 e. The average Bonchev–Trinajstić information content (AvgIpc) is 3.47. The van der Waals surface area contributed by atoms with Crippen LogP contribution in [-0.4, -0.2) is 83.4 Å². The lowest BCUT2D eigenvalue weighted by Gasteiger charge is -2.41. The van der Waals surface area contributed by atoms with Crippen LogP contribution in [0.3, 0.4) is 0 Å². The molecular weight excluding hydrogens is 555 g/mol. The number of anilines is 3. The summed E-state index contributed by atoms with van der Waals surface area (Å²) < 4.78 is 26.8. The lowest BCUT2D eigenvalue weighted by molar-refractivity contribution is 0.0115. The zero-order valence-electron chi connectivity index (χ0n) is 23.8. The SMILES string of the molecule is COc1cc(N2CCC(N3CCOCC3)CC2)c(N)c(-c2cc(-n3c(SC)nnc3-c3ccc(F)cc3)ccn2)c1N. The Labute approximate surface area is 248 Å². The van der Waals surface area contributed by atoms with Gasteiger partial charge >= 0.3 is 0 Å². The minimum Gasteiger partial charge on any atom is -0.494 e. The van der Waals surface area contributed by atoms with Crippen molar-refractivity contribution in [2.24, 2.45) is 0 Å². The number of hydrogen-bond acceptors (Lipinski definition) is 10. The van der Waals surface area contributed by atoms with Gasteiger partial charge in [0.05, 0.1) is 54.3 Å². The predicted octanol–water partition coefficient (Wildman–Crippen LogP) is 4.33. The summed E-state index contributed by atoms with van der Waals surface area (Å²) in [4.78, 5) is 9.55. The highest BCUT2D eigenvalue weighted by molar-refractivity contribution is 7.98. The summed E-state index contributed by atoms with van der Waals surface area (Å²) in [6, 6.07) is 12.5. The Morgan fingerprint density at radius 3 is 2.40 bits per heavy atom. The molecule has 2 aromatic carbocycles. The fourth-order valence-corrected chi connectivity index (χ4v) is 6.41. The van der Waals surface area contributed by atoms with Gasteiger partial charge in [0.15, 0.2) is 11.0 Å². The van der Waals surface area contributed by atoms with Crippen LogP contribution in [0, 0.1) is 5.82 Å². The van der Waals surface area contributed by atoms with Gasteiger partial charge in [-0.3, -0.25) is 14.5 Å². The van der Waals surface area contributed by atoms with Crippen molar-refractivity contribution in [3.63, 3.8) is 0 Å². The van der Waals surface area contributed by atoms with Crippen LogP contribution in [0.5, 0.6) is 5.75 Å². The fraction of sp³-hybridized carbons (Fsp3) is 0.367. The van der Waals surface area contributed by atoms with Gasteiger partial charge in [-0.05, 0) is 55.5 Å². The summed E-state index contributed by atoms with van der Waals surface area (Å²) in [7, 11) is 1.61. The molecule has 0 atom stereocenters. The van der Waals surface area contributed by atoms with Crippen molar-refractivity contribution in [3.8, 4) is 34.1 Å². The molecule has 0 unspecified atom stereocenters. The third-order valence-corrected chi connectivity index (χ3v) is 8.74. The van der Waals surface area contributed by atoms with Gasteiger partial charge in [0, 0.05) is 50.0 Å². The van der Waals surface area contributed by atoms with Crippen LogP contribution in [0.2, 0.25) is 0 Å². The van der Waals surface area contributed by atoms with E-state index in [-0.39, 0.29) is 5.82 Å². The van der Waals surface area contributed by atoms with E-state index in [0.717, 1.165) is 69.2 Å². The van der Waals surface area contributed by atoms with E-state index >= 15 is 0 Å². The number of nitrogens with zero attached hydrogens (tertiary/aromatic N) is 6. The second-order valence-corrected chi connectivity index (χ2v) is 11.2. The Kier molecular flexibility index (Phi) is 8.18. The Bertz CT molecular complexity index is 1550. The number of piperidine rings is 1. The first-order valence-corrected chi connectivity index (χ1v) is 15.3. The third-order valence-electron chi connectivity index (χ3n) is 8.11. The molecule has 2 saturated heterocycles. The van der Waals surface area contributed by atoms with Crippen LogP contribution in [0.15, 0.2) is 53.8 Å². The first-order valence-electron chi connectivity index (χ1n) is 14.0. The Morgan fingerprint density at radius 2 is 1.71 bits per heavy atom. The summed E-state index contributed by atoms with van der Waals surface area (Å²) >= 11 is 1.46. The maximum atomic E-state index is 13.6. The number of nitrogen functional groups attached to an aromatic ring is 2.